The van der Waals surface area contributed by atoms with Crippen LogP contribution in [0, 0.1) is 13.8 Å². The van der Waals surface area contributed by atoms with Crippen molar-refractivity contribution in [1.29, 1.82) is 0 Å². The summed E-state index contributed by atoms with van der Waals surface area (Å²) < 4.78 is 10.1. The first-order valence-corrected chi connectivity index (χ1v) is 8.73. The molecule has 0 radical (unpaired) electrons. The highest BCUT2D eigenvalue weighted by Crippen LogP contribution is 2.28. The van der Waals surface area contributed by atoms with Crippen LogP contribution in [0.1, 0.15) is 28.0 Å². The molecule has 7 nitrogen and oxygen atoms in total. The Morgan fingerprint density at radius 2 is 1.96 bits per heavy atom. The largest absolute Gasteiger partial charge is 0.448 e. The van der Waals surface area contributed by atoms with Crippen molar-refractivity contribution in [2.75, 3.05) is 5.32 Å². The number of aryl methyl sites for hydroxylation is 2. The molecule has 0 saturated carbocycles. The summed E-state index contributed by atoms with van der Waals surface area (Å²) >= 11 is 1.24. The van der Waals surface area contributed by atoms with E-state index in [0.29, 0.717) is 16.3 Å². The predicted octanol–water partition coefficient (Wildman–Crippen LogP) is 3.60. The van der Waals surface area contributed by atoms with Crippen molar-refractivity contribution in [2.45, 2.75) is 26.9 Å². The van der Waals surface area contributed by atoms with Gasteiger partial charge in [0.1, 0.15) is 15.6 Å². The molecule has 0 fully saturated rings. The summed E-state index contributed by atoms with van der Waals surface area (Å²) in [5.74, 6) is -0.229. The normalized spacial score (nSPS) is 11.8. The first-order valence-electron chi connectivity index (χ1n) is 7.92. The van der Waals surface area contributed by atoms with Gasteiger partial charge in [-0.05, 0) is 20.8 Å². The molecule has 1 aromatic carbocycles. The van der Waals surface area contributed by atoms with Gasteiger partial charge in [-0.15, -0.1) is 11.3 Å². The maximum atomic E-state index is 12.4. The molecule has 0 aliphatic heterocycles. The van der Waals surface area contributed by atoms with E-state index in [2.05, 4.69) is 15.5 Å². The fraction of sp³-hybridized carbons (Fsp3) is 0.222. The molecule has 1 amide bonds. The van der Waals surface area contributed by atoms with Gasteiger partial charge in [-0.2, -0.15) is 0 Å². The van der Waals surface area contributed by atoms with Gasteiger partial charge in [-0.25, -0.2) is 9.78 Å². The monoisotopic (exact) mass is 371 g/mol. The number of hydrogen-bond acceptors (Lipinski definition) is 7. The second-order valence-electron chi connectivity index (χ2n) is 5.66. The smallest absolute Gasteiger partial charge is 0.351 e. The topological polar surface area (TPSA) is 94.3 Å². The Morgan fingerprint density at radius 3 is 2.62 bits per heavy atom. The molecule has 3 rings (SSSR count). The van der Waals surface area contributed by atoms with Crippen molar-refractivity contribution < 1.29 is 18.8 Å². The maximum Gasteiger partial charge on any atom is 0.351 e. The van der Waals surface area contributed by atoms with Crippen molar-refractivity contribution in [1.82, 2.24) is 10.1 Å². The highest BCUT2D eigenvalue weighted by atomic mass is 32.1. The first-order chi connectivity index (χ1) is 12.4. The Balaban J connectivity index is 1.67. The van der Waals surface area contributed by atoms with Gasteiger partial charge in [0.15, 0.2) is 11.9 Å². The van der Waals surface area contributed by atoms with Gasteiger partial charge in [-0.3, -0.25) is 4.79 Å². The van der Waals surface area contributed by atoms with E-state index < -0.39 is 18.0 Å². The van der Waals surface area contributed by atoms with E-state index in [-0.39, 0.29) is 5.82 Å². The third-order valence-electron chi connectivity index (χ3n) is 3.54. The number of esters is 1. The number of carbonyl (C=O) groups is 2. The number of aromatic nitrogens is 2. The number of hydrogen-bond donors (Lipinski definition) is 1. The van der Waals surface area contributed by atoms with Crippen LogP contribution in [0.4, 0.5) is 5.82 Å². The van der Waals surface area contributed by atoms with Crippen molar-refractivity contribution >= 4 is 29.0 Å². The number of rotatable bonds is 5. The second-order valence-corrected chi connectivity index (χ2v) is 6.66. The van der Waals surface area contributed by atoms with E-state index in [4.69, 9.17) is 9.26 Å². The predicted molar refractivity (Wildman–Crippen MR) is 97.0 cm³/mol. The Hall–Kier alpha value is -3.00. The van der Waals surface area contributed by atoms with Crippen LogP contribution >= 0.6 is 11.3 Å². The SMILES string of the molecule is Cc1cc(NC(=O)[C@@H](C)OC(=O)c2sc(-c3ccccc3)nc2C)no1. The number of nitrogens with one attached hydrogen (secondary N) is 1. The summed E-state index contributed by atoms with van der Waals surface area (Å²) in [6.45, 7) is 4.94. The lowest BCUT2D eigenvalue weighted by Crippen LogP contribution is -2.30. The molecule has 0 spiro atoms. The minimum atomic E-state index is -0.985. The number of amides is 1. The molecule has 1 N–H and O–H groups in total. The Morgan fingerprint density at radius 1 is 1.23 bits per heavy atom. The van der Waals surface area contributed by atoms with Crippen molar-refractivity contribution in [3.63, 3.8) is 0 Å². The van der Waals surface area contributed by atoms with Gasteiger partial charge in [0.25, 0.3) is 5.91 Å². The molecule has 0 aliphatic carbocycles. The molecule has 0 aliphatic rings. The summed E-state index contributed by atoms with van der Waals surface area (Å²) in [6.07, 6.45) is -0.985. The van der Waals surface area contributed by atoms with E-state index in [1.54, 1.807) is 19.9 Å². The maximum absolute atomic E-state index is 12.4. The number of benzene rings is 1. The molecule has 3 aromatic rings. The van der Waals surface area contributed by atoms with Crippen LogP contribution in [-0.2, 0) is 9.53 Å². The highest BCUT2D eigenvalue weighted by molar-refractivity contribution is 7.17. The Kier molecular flexibility index (Phi) is 5.13. The third kappa shape index (κ3) is 3.97. The lowest BCUT2D eigenvalue weighted by atomic mass is 10.2. The van der Waals surface area contributed by atoms with Gasteiger partial charge in [0, 0.05) is 11.6 Å². The lowest BCUT2D eigenvalue weighted by Gasteiger charge is -2.11. The number of ether oxygens (including phenoxy) is 1. The fourth-order valence-corrected chi connectivity index (χ4v) is 3.17. The van der Waals surface area contributed by atoms with Crippen molar-refractivity contribution in [3.8, 4) is 10.6 Å². The highest BCUT2D eigenvalue weighted by Gasteiger charge is 2.23. The van der Waals surface area contributed by atoms with Gasteiger partial charge in [0.05, 0.1) is 5.69 Å². The van der Waals surface area contributed by atoms with E-state index in [0.717, 1.165) is 10.6 Å². The summed E-state index contributed by atoms with van der Waals surface area (Å²) in [4.78, 5) is 29.3. The molecule has 2 heterocycles. The standard InChI is InChI=1S/C18H17N3O4S/c1-10-9-14(21-25-10)20-16(22)12(3)24-18(23)15-11(2)19-17(26-15)13-7-5-4-6-8-13/h4-9,12H,1-3H3,(H,20,21,22)/t12-/m1/s1. The Labute approximate surface area is 154 Å². The summed E-state index contributed by atoms with van der Waals surface area (Å²) in [7, 11) is 0. The van der Waals surface area contributed by atoms with Crippen LogP contribution in [0.2, 0.25) is 0 Å². The molecule has 0 bridgehead atoms. The van der Waals surface area contributed by atoms with Crippen LogP contribution in [-0.4, -0.2) is 28.1 Å². The van der Waals surface area contributed by atoms with E-state index in [1.165, 1.54) is 18.3 Å². The quantitative estimate of drug-likeness (QED) is 0.689. The summed E-state index contributed by atoms with van der Waals surface area (Å²) in [5.41, 5.74) is 1.49. The summed E-state index contributed by atoms with van der Waals surface area (Å²) in [6, 6.07) is 11.1. The molecule has 0 unspecified atom stereocenters. The van der Waals surface area contributed by atoms with Crippen molar-refractivity contribution in [2.24, 2.45) is 0 Å². The minimum Gasteiger partial charge on any atom is -0.448 e. The molecule has 8 heteroatoms. The van der Waals surface area contributed by atoms with Gasteiger partial charge < -0.3 is 14.6 Å². The van der Waals surface area contributed by atoms with Gasteiger partial charge in [0.2, 0.25) is 0 Å². The fourth-order valence-electron chi connectivity index (χ4n) is 2.21. The lowest BCUT2D eigenvalue weighted by molar-refractivity contribution is -0.123. The van der Waals surface area contributed by atoms with Crippen LogP contribution in [0.25, 0.3) is 10.6 Å². The molecule has 1 atom stereocenters. The average Bonchev–Trinajstić information content (AvgIpc) is 3.21. The van der Waals surface area contributed by atoms with Gasteiger partial charge >= 0.3 is 5.97 Å². The van der Waals surface area contributed by atoms with Crippen molar-refractivity contribution in [3.05, 3.63) is 52.7 Å². The zero-order chi connectivity index (χ0) is 18.7. The number of thiazole rings is 1. The van der Waals surface area contributed by atoms with Crippen LogP contribution in [0.3, 0.4) is 0 Å². The summed E-state index contributed by atoms with van der Waals surface area (Å²) in [5, 5.41) is 6.93. The second kappa shape index (κ2) is 7.49. The molecular weight excluding hydrogens is 354 g/mol. The molecule has 0 saturated heterocycles. The number of anilines is 1. The van der Waals surface area contributed by atoms with E-state index in [1.807, 2.05) is 30.3 Å². The van der Waals surface area contributed by atoms with Crippen LogP contribution < -0.4 is 5.32 Å². The Bertz CT molecular complexity index is 933. The minimum absolute atomic E-state index is 0.274. The third-order valence-corrected chi connectivity index (χ3v) is 4.72. The van der Waals surface area contributed by atoms with E-state index in [9.17, 15) is 9.59 Å². The average molecular weight is 371 g/mol. The molecule has 134 valence electrons. The molecule has 2 aromatic heterocycles. The first kappa shape index (κ1) is 17.8. The number of nitrogens with zero attached hydrogens (tertiary/aromatic N) is 2. The van der Waals surface area contributed by atoms with E-state index >= 15 is 0 Å². The number of carbonyl (C=O) groups excluding carboxylic acids is 2. The van der Waals surface area contributed by atoms with Crippen LogP contribution in [0.5, 0.6) is 0 Å². The zero-order valence-corrected chi connectivity index (χ0v) is 15.3. The van der Waals surface area contributed by atoms with Crippen LogP contribution in [0.15, 0.2) is 40.9 Å². The van der Waals surface area contributed by atoms with Gasteiger partial charge in [-0.1, -0.05) is 35.5 Å². The zero-order valence-electron chi connectivity index (χ0n) is 14.5. The molecular formula is C18H17N3O4S. The molecule has 26 heavy (non-hydrogen) atoms.